The third-order valence-corrected chi connectivity index (χ3v) is 4.95. The number of rotatable bonds is 1. The highest BCUT2D eigenvalue weighted by atomic mass is 79.9. The zero-order valence-corrected chi connectivity index (χ0v) is 11.3. The van der Waals surface area contributed by atoms with Gasteiger partial charge in [0.2, 0.25) is 0 Å². The van der Waals surface area contributed by atoms with Gasteiger partial charge in [-0.1, -0.05) is 19.3 Å². The standard InChI is InChI=1S/C10H11Br2NO2/c11-7-8(12)10(15)13(9(7)14)6-4-2-1-3-5-6/h6H,1-5H2. The lowest BCUT2D eigenvalue weighted by molar-refractivity contribution is -0.140. The summed E-state index contributed by atoms with van der Waals surface area (Å²) in [6, 6.07) is 0.0985. The Morgan fingerprint density at radius 2 is 1.40 bits per heavy atom. The topological polar surface area (TPSA) is 37.4 Å². The SMILES string of the molecule is O=C1C(Br)=C(Br)C(=O)N1C1CCCCC1. The van der Waals surface area contributed by atoms with Gasteiger partial charge in [-0.05, 0) is 44.7 Å². The lowest BCUT2D eigenvalue weighted by atomic mass is 9.94. The summed E-state index contributed by atoms with van der Waals surface area (Å²) in [5.74, 6) is -0.391. The number of nitrogens with zero attached hydrogens (tertiary/aromatic N) is 1. The Morgan fingerprint density at radius 3 is 1.87 bits per heavy atom. The Hall–Kier alpha value is -0.160. The third-order valence-electron chi connectivity index (χ3n) is 2.95. The number of halogens is 2. The van der Waals surface area contributed by atoms with Gasteiger partial charge in [-0.3, -0.25) is 14.5 Å². The van der Waals surface area contributed by atoms with Crippen LogP contribution in [0.3, 0.4) is 0 Å². The van der Waals surface area contributed by atoms with Crippen LogP contribution in [0.25, 0.3) is 0 Å². The van der Waals surface area contributed by atoms with Crippen LogP contribution in [0, 0.1) is 0 Å². The number of amides is 2. The second-order valence-electron chi connectivity index (χ2n) is 3.90. The number of hydrogen-bond acceptors (Lipinski definition) is 2. The Labute approximate surface area is 105 Å². The van der Waals surface area contributed by atoms with Crippen LogP contribution < -0.4 is 0 Å². The van der Waals surface area contributed by atoms with Crippen molar-refractivity contribution < 1.29 is 9.59 Å². The summed E-state index contributed by atoms with van der Waals surface area (Å²) in [4.78, 5) is 25.0. The maximum Gasteiger partial charge on any atom is 0.269 e. The van der Waals surface area contributed by atoms with Crippen molar-refractivity contribution in [1.82, 2.24) is 4.90 Å². The molecule has 3 nitrogen and oxygen atoms in total. The quantitative estimate of drug-likeness (QED) is 0.690. The molecule has 1 fully saturated rings. The molecular weight excluding hydrogens is 326 g/mol. The van der Waals surface area contributed by atoms with Crippen molar-refractivity contribution in [3.8, 4) is 0 Å². The van der Waals surface area contributed by atoms with Gasteiger partial charge in [0, 0.05) is 6.04 Å². The first-order valence-corrected chi connectivity index (χ1v) is 6.64. The fourth-order valence-electron chi connectivity index (χ4n) is 2.16. The van der Waals surface area contributed by atoms with Crippen molar-refractivity contribution >= 4 is 43.7 Å². The van der Waals surface area contributed by atoms with E-state index in [2.05, 4.69) is 31.9 Å². The largest absolute Gasteiger partial charge is 0.270 e. The van der Waals surface area contributed by atoms with Gasteiger partial charge in [0.05, 0.1) is 0 Å². The molecule has 82 valence electrons. The van der Waals surface area contributed by atoms with E-state index >= 15 is 0 Å². The summed E-state index contributed by atoms with van der Waals surface area (Å²) in [6.07, 6.45) is 5.31. The molecule has 0 N–H and O–H groups in total. The van der Waals surface area contributed by atoms with Crippen LogP contribution in [0.15, 0.2) is 8.96 Å². The van der Waals surface area contributed by atoms with Crippen molar-refractivity contribution in [3.63, 3.8) is 0 Å². The molecular formula is C10H11Br2NO2. The number of imide groups is 1. The van der Waals surface area contributed by atoms with E-state index in [1.54, 1.807) is 0 Å². The molecule has 0 spiro atoms. The fraction of sp³-hybridized carbons (Fsp3) is 0.600. The molecule has 1 heterocycles. The van der Waals surface area contributed by atoms with Crippen LogP contribution in [-0.4, -0.2) is 22.8 Å². The van der Waals surface area contributed by atoms with E-state index in [4.69, 9.17) is 0 Å². The monoisotopic (exact) mass is 335 g/mol. The van der Waals surface area contributed by atoms with Crippen molar-refractivity contribution in [2.24, 2.45) is 0 Å². The number of carbonyl (C=O) groups excluding carboxylic acids is 2. The van der Waals surface area contributed by atoms with Crippen molar-refractivity contribution in [1.29, 1.82) is 0 Å². The molecule has 0 atom stereocenters. The zero-order valence-electron chi connectivity index (χ0n) is 8.13. The Bertz CT molecular complexity index is 321. The average molecular weight is 337 g/mol. The van der Waals surface area contributed by atoms with Gasteiger partial charge in [0.25, 0.3) is 11.8 Å². The lowest BCUT2D eigenvalue weighted by Gasteiger charge is -2.29. The molecule has 0 aromatic heterocycles. The normalized spacial score (nSPS) is 24.3. The summed E-state index contributed by atoms with van der Waals surface area (Å²) in [5, 5.41) is 0. The van der Waals surface area contributed by atoms with Crippen molar-refractivity contribution in [2.45, 2.75) is 38.1 Å². The van der Waals surface area contributed by atoms with Gasteiger partial charge in [-0.15, -0.1) is 0 Å². The predicted molar refractivity (Wildman–Crippen MR) is 63.6 cm³/mol. The van der Waals surface area contributed by atoms with Crippen molar-refractivity contribution in [3.05, 3.63) is 8.96 Å². The molecule has 0 aromatic rings. The first-order chi connectivity index (χ1) is 7.13. The van der Waals surface area contributed by atoms with Gasteiger partial charge in [0.1, 0.15) is 8.96 Å². The Kier molecular flexibility index (Phi) is 3.30. The molecule has 0 bridgehead atoms. The molecule has 0 saturated heterocycles. The maximum atomic E-state index is 11.8. The molecule has 1 aliphatic heterocycles. The van der Waals surface area contributed by atoms with Crippen LogP contribution in [0.2, 0.25) is 0 Å². The van der Waals surface area contributed by atoms with Gasteiger partial charge in [0.15, 0.2) is 0 Å². The summed E-state index contributed by atoms with van der Waals surface area (Å²) >= 11 is 6.27. The molecule has 0 unspecified atom stereocenters. The minimum atomic E-state index is -0.196. The molecule has 5 heteroatoms. The van der Waals surface area contributed by atoms with Crippen LogP contribution in [0.1, 0.15) is 32.1 Å². The van der Waals surface area contributed by atoms with Crippen LogP contribution in [-0.2, 0) is 9.59 Å². The highest BCUT2D eigenvalue weighted by molar-refractivity contribution is 9.14. The molecule has 1 saturated carbocycles. The van der Waals surface area contributed by atoms with Gasteiger partial charge >= 0.3 is 0 Å². The van der Waals surface area contributed by atoms with Gasteiger partial charge in [-0.25, -0.2) is 0 Å². The first kappa shape index (κ1) is 11.3. The Morgan fingerprint density at radius 1 is 0.933 bits per heavy atom. The van der Waals surface area contributed by atoms with Crippen LogP contribution >= 0.6 is 31.9 Å². The van der Waals surface area contributed by atoms with E-state index in [-0.39, 0.29) is 17.9 Å². The molecule has 2 rings (SSSR count). The highest BCUT2D eigenvalue weighted by Gasteiger charge is 2.40. The lowest BCUT2D eigenvalue weighted by Crippen LogP contribution is -2.41. The van der Waals surface area contributed by atoms with E-state index in [0.29, 0.717) is 8.96 Å². The van der Waals surface area contributed by atoms with Gasteiger partial charge in [-0.2, -0.15) is 0 Å². The summed E-state index contributed by atoms with van der Waals surface area (Å²) in [6.45, 7) is 0. The highest BCUT2D eigenvalue weighted by Crippen LogP contribution is 2.34. The van der Waals surface area contributed by atoms with E-state index in [9.17, 15) is 9.59 Å². The second-order valence-corrected chi connectivity index (χ2v) is 5.49. The molecule has 0 aromatic carbocycles. The first-order valence-electron chi connectivity index (χ1n) is 5.06. The number of carbonyl (C=O) groups is 2. The predicted octanol–water partition coefficient (Wildman–Crippen LogP) is 2.69. The van der Waals surface area contributed by atoms with Gasteiger partial charge < -0.3 is 0 Å². The van der Waals surface area contributed by atoms with E-state index in [1.165, 1.54) is 11.3 Å². The summed E-state index contributed by atoms with van der Waals surface area (Å²) in [7, 11) is 0. The zero-order chi connectivity index (χ0) is 11.0. The summed E-state index contributed by atoms with van der Waals surface area (Å²) in [5.41, 5.74) is 0. The Balaban J connectivity index is 2.18. The molecule has 2 aliphatic rings. The van der Waals surface area contributed by atoms with Crippen molar-refractivity contribution in [2.75, 3.05) is 0 Å². The third kappa shape index (κ3) is 1.91. The maximum absolute atomic E-state index is 11.8. The van der Waals surface area contributed by atoms with E-state index in [1.807, 2.05) is 0 Å². The minimum Gasteiger partial charge on any atom is -0.270 e. The molecule has 1 aliphatic carbocycles. The minimum absolute atomic E-state index is 0.0985. The molecule has 15 heavy (non-hydrogen) atoms. The second kappa shape index (κ2) is 4.37. The average Bonchev–Trinajstić information content (AvgIpc) is 2.45. The van der Waals surface area contributed by atoms with Crippen LogP contribution in [0.4, 0.5) is 0 Å². The van der Waals surface area contributed by atoms with Crippen LogP contribution in [0.5, 0.6) is 0 Å². The summed E-state index contributed by atoms with van der Waals surface area (Å²) < 4.78 is 0.719. The fourth-order valence-corrected chi connectivity index (χ4v) is 2.88. The molecule has 2 amide bonds. The van der Waals surface area contributed by atoms with E-state index < -0.39 is 0 Å². The molecule has 0 radical (unpaired) electrons. The van der Waals surface area contributed by atoms with E-state index in [0.717, 1.165) is 25.7 Å². The smallest absolute Gasteiger partial charge is 0.269 e. The number of hydrogen-bond donors (Lipinski definition) is 0.